The van der Waals surface area contributed by atoms with Crippen LogP contribution < -0.4 is 10.7 Å². The van der Waals surface area contributed by atoms with Crippen LogP contribution in [0.5, 0.6) is 0 Å². The minimum Gasteiger partial charge on any atom is -0.462 e. The van der Waals surface area contributed by atoms with E-state index in [0.717, 1.165) is 25.7 Å². The van der Waals surface area contributed by atoms with Gasteiger partial charge >= 0.3 is 5.97 Å². The first kappa shape index (κ1) is 15.2. The number of rotatable bonds is 5. The highest BCUT2D eigenvalue weighted by Gasteiger charge is 2.28. The van der Waals surface area contributed by atoms with Gasteiger partial charge in [-0.05, 0) is 44.7 Å². The Bertz CT molecular complexity index is 882. The maximum atomic E-state index is 14.4. The highest BCUT2D eigenvalue weighted by atomic mass is 19.1. The lowest BCUT2D eigenvalue weighted by molar-refractivity contribution is 0.0524. The molecule has 0 atom stereocenters. The van der Waals surface area contributed by atoms with Gasteiger partial charge in [-0.3, -0.25) is 4.79 Å². The maximum Gasteiger partial charge on any atom is 0.343 e. The molecule has 2 aliphatic carbocycles. The van der Waals surface area contributed by atoms with Crippen LogP contribution in [-0.4, -0.2) is 23.2 Å². The summed E-state index contributed by atoms with van der Waals surface area (Å²) >= 11 is 0. The normalized spacial score (nSPS) is 17.1. The van der Waals surface area contributed by atoms with Crippen molar-refractivity contribution in [3.05, 3.63) is 39.9 Å². The van der Waals surface area contributed by atoms with Gasteiger partial charge in [0.2, 0.25) is 5.43 Å². The predicted molar refractivity (Wildman–Crippen MR) is 89.0 cm³/mol. The van der Waals surface area contributed by atoms with Gasteiger partial charge in [0.1, 0.15) is 11.4 Å². The first-order valence-electron chi connectivity index (χ1n) is 8.40. The molecule has 1 aromatic heterocycles. The lowest BCUT2D eigenvalue weighted by Crippen LogP contribution is -2.21. The zero-order chi connectivity index (χ0) is 16.8. The molecule has 2 aliphatic rings. The maximum absolute atomic E-state index is 14.4. The van der Waals surface area contributed by atoms with Crippen LogP contribution in [0.1, 0.15) is 49.0 Å². The number of nitrogens with zero attached hydrogens (tertiary/aromatic N) is 1. The van der Waals surface area contributed by atoms with Crippen molar-refractivity contribution < 1.29 is 13.9 Å². The van der Waals surface area contributed by atoms with Crippen molar-refractivity contribution in [3.8, 4) is 0 Å². The van der Waals surface area contributed by atoms with E-state index < -0.39 is 17.2 Å². The summed E-state index contributed by atoms with van der Waals surface area (Å²) in [6.07, 6.45) is 5.62. The number of carbonyl (C=O) groups is 1. The number of hydrogen-bond donors (Lipinski definition) is 1. The number of fused-ring (bicyclic) bond motifs is 1. The third-order valence-corrected chi connectivity index (χ3v) is 4.49. The van der Waals surface area contributed by atoms with Crippen molar-refractivity contribution in [1.29, 1.82) is 0 Å². The van der Waals surface area contributed by atoms with Crippen molar-refractivity contribution in [1.82, 2.24) is 4.57 Å². The average molecular weight is 330 g/mol. The number of halogens is 1. The molecule has 6 heteroatoms. The third kappa shape index (κ3) is 2.66. The summed E-state index contributed by atoms with van der Waals surface area (Å²) in [6, 6.07) is 3.50. The summed E-state index contributed by atoms with van der Waals surface area (Å²) in [5, 5.41) is 3.39. The van der Waals surface area contributed by atoms with Crippen LogP contribution in [0.3, 0.4) is 0 Å². The summed E-state index contributed by atoms with van der Waals surface area (Å²) in [7, 11) is 0. The number of aromatic nitrogens is 1. The van der Waals surface area contributed by atoms with Gasteiger partial charge < -0.3 is 14.6 Å². The zero-order valence-corrected chi connectivity index (χ0v) is 13.5. The molecular weight excluding hydrogens is 311 g/mol. The molecular formula is C18H19FN2O3. The molecule has 4 rings (SSSR count). The number of carbonyl (C=O) groups excluding carboxylic acids is 1. The van der Waals surface area contributed by atoms with Crippen molar-refractivity contribution >= 4 is 22.6 Å². The molecule has 0 spiro atoms. The van der Waals surface area contributed by atoms with E-state index in [4.69, 9.17) is 4.74 Å². The fraction of sp³-hybridized carbons (Fsp3) is 0.444. The molecule has 24 heavy (non-hydrogen) atoms. The van der Waals surface area contributed by atoms with Crippen LogP contribution in [0.4, 0.5) is 10.1 Å². The molecule has 126 valence electrons. The Morgan fingerprint density at radius 3 is 2.71 bits per heavy atom. The molecule has 0 amide bonds. The quantitative estimate of drug-likeness (QED) is 0.855. The van der Waals surface area contributed by atoms with Crippen LogP contribution in [-0.2, 0) is 4.74 Å². The summed E-state index contributed by atoms with van der Waals surface area (Å²) < 4.78 is 21.3. The van der Waals surface area contributed by atoms with Gasteiger partial charge in [-0.25, -0.2) is 9.18 Å². The van der Waals surface area contributed by atoms with Gasteiger partial charge in [0.15, 0.2) is 0 Å². The van der Waals surface area contributed by atoms with E-state index in [1.165, 1.54) is 6.07 Å². The van der Waals surface area contributed by atoms with Crippen molar-refractivity contribution in [2.45, 2.75) is 44.7 Å². The topological polar surface area (TPSA) is 60.3 Å². The molecule has 0 radical (unpaired) electrons. The second-order valence-electron chi connectivity index (χ2n) is 6.50. The molecule has 0 bridgehead atoms. The van der Waals surface area contributed by atoms with Crippen LogP contribution in [0.25, 0.3) is 10.9 Å². The molecule has 2 aromatic rings. The van der Waals surface area contributed by atoms with Crippen LogP contribution in [0, 0.1) is 5.82 Å². The Morgan fingerprint density at radius 1 is 1.33 bits per heavy atom. The zero-order valence-electron chi connectivity index (χ0n) is 13.5. The summed E-state index contributed by atoms with van der Waals surface area (Å²) in [5.41, 5.74) is 0.582. The van der Waals surface area contributed by atoms with Crippen molar-refractivity contribution in [3.63, 3.8) is 0 Å². The highest BCUT2D eigenvalue weighted by molar-refractivity contribution is 5.94. The Balaban J connectivity index is 1.90. The second kappa shape index (κ2) is 5.61. The van der Waals surface area contributed by atoms with E-state index in [-0.39, 0.29) is 23.6 Å². The molecule has 2 saturated carbocycles. The van der Waals surface area contributed by atoms with Crippen molar-refractivity contribution in [2.24, 2.45) is 0 Å². The van der Waals surface area contributed by atoms with Gasteiger partial charge in [-0.2, -0.15) is 0 Å². The van der Waals surface area contributed by atoms with E-state index in [1.807, 2.05) is 4.57 Å². The molecule has 2 fully saturated rings. The van der Waals surface area contributed by atoms with E-state index in [1.54, 1.807) is 19.2 Å². The largest absolute Gasteiger partial charge is 0.462 e. The molecule has 0 unspecified atom stereocenters. The lowest BCUT2D eigenvalue weighted by Gasteiger charge is -2.15. The van der Waals surface area contributed by atoms with Gasteiger partial charge in [0.05, 0.1) is 17.8 Å². The fourth-order valence-electron chi connectivity index (χ4n) is 2.94. The van der Waals surface area contributed by atoms with E-state index in [0.29, 0.717) is 17.2 Å². The molecule has 5 nitrogen and oxygen atoms in total. The van der Waals surface area contributed by atoms with Crippen LogP contribution >= 0.6 is 0 Å². The number of benzene rings is 1. The molecule has 0 saturated heterocycles. The number of pyridine rings is 1. The smallest absolute Gasteiger partial charge is 0.343 e. The van der Waals surface area contributed by atoms with E-state index in [2.05, 4.69) is 5.32 Å². The monoisotopic (exact) mass is 330 g/mol. The predicted octanol–water partition coefficient (Wildman–Crippen LogP) is 3.23. The molecule has 1 N–H and O–H groups in total. The fourth-order valence-corrected chi connectivity index (χ4v) is 2.94. The van der Waals surface area contributed by atoms with Gasteiger partial charge in [-0.15, -0.1) is 0 Å². The number of ether oxygens (including phenoxy) is 1. The number of hydrogen-bond acceptors (Lipinski definition) is 4. The third-order valence-electron chi connectivity index (χ3n) is 4.49. The number of anilines is 1. The van der Waals surface area contributed by atoms with Gasteiger partial charge in [0.25, 0.3) is 0 Å². The van der Waals surface area contributed by atoms with Crippen LogP contribution in [0.2, 0.25) is 0 Å². The minimum absolute atomic E-state index is 0.0291. The average Bonchev–Trinajstić information content (AvgIpc) is 3.43. The Kier molecular flexibility index (Phi) is 3.55. The Morgan fingerprint density at radius 2 is 2.08 bits per heavy atom. The number of esters is 1. The molecule has 1 heterocycles. The second-order valence-corrected chi connectivity index (χ2v) is 6.50. The Labute approximate surface area is 138 Å². The van der Waals surface area contributed by atoms with Crippen molar-refractivity contribution in [2.75, 3.05) is 11.9 Å². The first-order valence-corrected chi connectivity index (χ1v) is 8.40. The minimum atomic E-state index is -0.653. The van der Waals surface area contributed by atoms with E-state index >= 15 is 0 Å². The SMILES string of the molecule is CCOC(=O)c1cn(C2CC2)c2cc(NC3CC3)c(F)cc2c1=O. The summed E-state index contributed by atoms with van der Waals surface area (Å²) in [6.45, 7) is 1.88. The first-order chi connectivity index (χ1) is 11.6. The molecule has 1 aromatic carbocycles. The summed E-state index contributed by atoms with van der Waals surface area (Å²) in [5.74, 6) is -1.12. The van der Waals surface area contributed by atoms with Crippen LogP contribution in [0.15, 0.2) is 23.1 Å². The molecule has 0 aliphatic heterocycles. The highest BCUT2D eigenvalue weighted by Crippen LogP contribution is 2.38. The Hall–Kier alpha value is -2.37. The standard InChI is InChI=1S/C18H19FN2O3/c1-2-24-18(23)13-9-21(11-5-6-11)16-8-15(20-10-3-4-10)14(19)7-12(16)17(13)22/h7-11,20H,2-6H2,1H3. The lowest BCUT2D eigenvalue weighted by atomic mass is 10.1. The van der Waals surface area contributed by atoms with E-state index in [9.17, 15) is 14.0 Å². The van der Waals surface area contributed by atoms with Gasteiger partial charge in [-0.1, -0.05) is 0 Å². The summed E-state index contributed by atoms with van der Waals surface area (Å²) in [4.78, 5) is 24.7. The number of nitrogens with one attached hydrogen (secondary N) is 1. The van der Waals surface area contributed by atoms with Gasteiger partial charge in [0, 0.05) is 23.7 Å².